The number of piperidine rings is 1. The van der Waals surface area contributed by atoms with E-state index in [2.05, 4.69) is 20.9 Å². The minimum atomic E-state index is -0.427. The minimum Gasteiger partial charge on any atom is -0.387 e. The number of hydrogen-bond acceptors (Lipinski definition) is 3. The summed E-state index contributed by atoms with van der Waals surface area (Å²) in [6, 6.07) is 9.89. The molecule has 0 radical (unpaired) electrons. The number of likely N-dealkylation sites (tertiary alicyclic amines) is 1. The van der Waals surface area contributed by atoms with Crippen LogP contribution in [0.2, 0.25) is 0 Å². The van der Waals surface area contributed by atoms with Gasteiger partial charge in [-0.05, 0) is 56.1 Å². The lowest BCUT2D eigenvalue weighted by atomic mass is 9.89. The standard InChI is InChI=1S/C16H21N3O/c20-16(15-5-1-2-8-18-15)13-6-10-19(11-7-13)12-14-4-3-9-17-14/h1-5,8-9,13,16-17,20H,6-7,10-12H2. The van der Waals surface area contributed by atoms with Crippen LogP contribution in [0.5, 0.6) is 0 Å². The Bertz CT molecular complexity index is 504. The van der Waals surface area contributed by atoms with Gasteiger partial charge in [0.05, 0.1) is 11.8 Å². The van der Waals surface area contributed by atoms with Crippen molar-refractivity contribution < 1.29 is 5.11 Å². The summed E-state index contributed by atoms with van der Waals surface area (Å²) in [6.45, 7) is 3.04. The quantitative estimate of drug-likeness (QED) is 0.897. The van der Waals surface area contributed by atoms with E-state index in [0.29, 0.717) is 5.92 Å². The molecule has 0 spiro atoms. The van der Waals surface area contributed by atoms with Crippen LogP contribution in [0.25, 0.3) is 0 Å². The molecule has 20 heavy (non-hydrogen) atoms. The predicted molar refractivity (Wildman–Crippen MR) is 78.0 cm³/mol. The van der Waals surface area contributed by atoms with Crippen LogP contribution in [0.1, 0.15) is 30.3 Å². The summed E-state index contributed by atoms with van der Waals surface area (Å²) in [5.41, 5.74) is 2.06. The van der Waals surface area contributed by atoms with E-state index in [-0.39, 0.29) is 0 Å². The number of hydrogen-bond donors (Lipinski definition) is 2. The van der Waals surface area contributed by atoms with Crippen molar-refractivity contribution in [2.24, 2.45) is 5.92 Å². The molecular formula is C16H21N3O. The van der Waals surface area contributed by atoms with E-state index in [1.165, 1.54) is 5.69 Å². The van der Waals surface area contributed by atoms with E-state index in [9.17, 15) is 5.11 Å². The fraction of sp³-hybridized carbons (Fsp3) is 0.438. The summed E-state index contributed by atoms with van der Waals surface area (Å²) < 4.78 is 0. The Balaban J connectivity index is 1.53. The molecule has 1 aliphatic heterocycles. The Morgan fingerprint density at radius 3 is 2.75 bits per heavy atom. The zero-order chi connectivity index (χ0) is 13.8. The lowest BCUT2D eigenvalue weighted by Gasteiger charge is -2.33. The average molecular weight is 271 g/mol. The number of aromatic amines is 1. The van der Waals surface area contributed by atoms with Crippen LogP contribution in [0.3, 0.4) is 0 Å². The summed E-state index contributed by atoms with van der Waals surface area (Å²) in [4.78, 5) is 9.95. The Morgan fingerprint density at radius 2 is 2.10 bits per heavy atom. The second-order valence-corrected chi connectivity index (χ2v) is 5.51. The summed E-state index contributed by atoms with van der Waals surface area (Å²) in [6.07, 6.45) is 5.34. The van der Waals surface area contributed by atoms with E-state index < -0.39 is 6.10 Å². The Labute approximate surface area is 119 Å². The summed E-state index contributed by atoms with van der Waals surface area (Å²) in [5.74, 6) is 0.324. The molecule has 2 aromatic rings. The maximum absolute atomic E-state index is 10.4. The van der Waals surface area contributed by atoms with Gasteiger partial charge in [0.25, 0.3) is 0 Å². The molecule has 4 nitrogen and oxygen atoms in total. The highest BCUT2D eigenvalue weighted by Gasteiger charge is 2.26. The Kier molecular flexibility index (Phi) is 4.14. The van der Waals surface area contributed by atoms with Crippen molar-refractivity contribution >= 4 is 0 Å². The molecule has 1 fully saturated rings. The van der Waals surface area contributed by atoms with Crippen LogP contribution in [0, 0.1) is 5.92 Å². The van der Waals surface area contributed by atoms with Gasteiger partial charge in [-0.3, -0.25) is 9.88 Å². The third-order valence-corrected chi connectivity index (χ3v) is 4.13. The van der Waals surface area contributed by atoms with Gasteiger partial charge in [0, 0.05) is 24.6 Å². The van der Waals surface area contributed by atoms with Crippen molar-refractivity contribution in [2.45, 2.75) is 25.5 Å². The van der Waals surface area contributed by atoms with Crippen LogP contribution in [-0.4, -0.2) is 33.1 Å². The highest BCUT2D eigenvalue weighted by atomic mass is 16.3. The first-order chi connectivity index (χ1) is 9.83. The maximum atomic E-state index is 10.4. The average Bonchev–Trinajstić information content (AvgIpc) is 3.01. The van der Waals surface area contributed by atoms with Gasteiger partial charge in [0.1, 0.15) is 0 Å². The highest BCUT2D eigenvalue weighted by molar-refractivity contribution is 5.08. The van der Waals surface area contributed by atoms with E-state index in [1.54, 1.807) is 6.20 Å². The van der Waals surface area contributed by atoms with Gasteiger partial charge in [-0.2, -0.15) is 0 Å². The fourth-order valence-corrected chi connectivity index (χ4v) is 2.93. The number of aromatic nitrogens is 2. The largest absolute Gasteiger partial charge is 0.387 e. The van der Waals surface area contributed by atoms with E-state index >= 15 is 0 Å². The van der Waals surface area contributed by atoms with Crippen molar-refractivity contribution in [3.05, 3.63) is 54.1 Å². The van der Waals surface area contributed by atoms with E-state index in [4.69, 9.17) is 0 Å². The van der Waals surface area contributed by atoms with Crippen molar-refractivity contribution in [1.29, 1.82) is 0 Å². The first kappa shape index (κ1) is 13.3. The molecule has 2 aromatic heterocycles. The predicted octanol–water partition coefficient (Wildman–Crippen LogP) is 2.36. The summed E-state index contributed by atoms with van der Waals surface area (Å²) >= 11 is 0. The number of rotatable bonds is 4. The number of pyridine rings is 1. The molecule has 3 rings (SSSR count). The smallest absolute Gasteiger partial charge is 0.0988 e. The van der Waals surface area contributed by atoms with Crippen LogP contribution < -0.4 is 0 Å². The topological polar surface area (TPSA) is 52.2 Å². The third-order valence-electron chi connectivity index (χ3n) is 4.13. The Morgan fingerprint density at radius 1 is 1.25 bits per heavy atom. The molecule has 1 saturated heterocycles. The molecule has 0 amide bonds. The molecule has 0 aliphatic carbocycles. The lowest BCUT2D eigenvalue weighted by molar-refractivity contribution is 0.0537. The minimum absolute atomic E-state index is 0.324. The molecule has 0 saturated carbocycles. The molecule has 0 aromatic carbocycles. The molecule has 2 N–H and O–H groups in total. The zero-order valence-electron chi connectivity index (χ0n) is 11.6. The maximum Gasteiger partial charge on any atom is 0.0988 e. The van der Waals surface area contributed by atoms with Gasteiger partial charge in [-0.1, -0.05) is 6.07 Å². The molecule has 0 bridgehead atoms. The van der Waals surface area contributed by atoms with Crippen molar-refractivity contribution in [3.63, 3.8) is 0 Å². The van der Waals surface area contributed by atoms with Crippen LogP contribution in [0.4, 0.5) is 0 Å². The van der Waals surface area contributed by atoms with Crippen LogP contribution in [0.15, 0.2) is 42.7 Å². The second-order valence-electron chi connectivity index (χ2n) is 5.51. The van der Waals surface area contributed by atoms with Crippen molar-refractivity contribution in [1.82, 2.24) is 14.9 Å². The van der Waals surface area contributed by atoms with Gasteiger partial charge in [0.15, 0.2) is 0 Å². The second kappa shape index (κ2) is 6.20. The number of aliphatic hydroxyl groups excluding tert-OH is 1. The number of nitrogens with zero attached hydrogens (tertiary/aromatic N) is 2. The lowest BCUT2D eigenvalue weighted by Crippen LogP contribution is -2.35. The van der Waals surface area contributed by atoms with E-state index in [0.717, 1.165) is 38.2 Å². The zero-order valence-corrected chi connectivity index (χ0v) is 11.6. The first-order valence-corrected chi connectivity index (χ1v) is 7.26. The normalized spacial score (nSPS) is 19.1. The molecule has 106 valence electrons. The van der Waals surface area contributed by atoms with Gasteiger partial charge in [-0.25, -0.2) is 0 Å². The summed E-state index contributed by atoms with van der Waals surface area (Å²) in [5, 5.41) is 10.4. The Hall–Kier alpha value is -1.65. The molecule has 1 atom stereocenters. The van der Waals surface area contributed by atoms with Crippen molar-refractivity contribution in [3.8, 4) is 0 Å². The molecule has 1 aliphatic rings. The van der Waals surface area contributed by atoms with Gasteiger partial charge in [-0.15, -0.1) is 0 Å². The summed E-state index contributed by atoms with van der Waals surface area (Å²) in [7, 11) is 0. The highest BCUT2D eigenvalue weighted by Crippen LogP contribution is 2.29. The first-order valence-electron chi connectivity index (χ1n) is 7.26. The number of H-pyrrole nitrogens is 1. The fourth-order valence-electron chi connectivity index (χ4n) is 2.93. The van der Waals surface area contributed by atoms with Gasteiger partial charge >= 0.3 is 0 Å². The van der Waals surface area contributed by atoms with Crippen LogP contribution in [-0.2, 0) is 6.54 Å². The third kappa shape index (κ3) is 3.08. The number of nitrogens with one attached hydrogen (secondary N) is 1. The molecule has 4 heteroatoms. The number of aliphatic hydroxyl groups is 1. The van der Waals surface area contributed by atoms with Gasteiger partial charge < -0.3 is 10.1 Å². The van der Waals surface area contributed by atoms with Gasteiger partial charge in [0.2, 0.25) is 0 Å². The van der Waals surface area contributed by atoms with Crippen molar-refractivity contribution in [2.75, 3.05) is 13.1 Å². The monoisotopic (exact) mass is 271 g/mol. The molecular weight excluding hydrogens is 250 g/mol. The molecule has 3 heterocycles. The van der Waals surface area contributed by atoms with E-state index in [1.807, 2.05) is 30.5 Å². The SMILES string of the molecule is OC(c1ccccn1)C1CCN(Cc2ccc[nH]2)CC1. The molecule has 1 unspecified atom stereocenters. The van der Waals surface area contributed by atoms with Crippen LogP contribution >= 0.6 is 0 Å².